The maximum Gasteiger partial charge on any atom is 0.226 e. The number of amides is 1. The van der Waals surface area contributed by atoms with Crippen LogP contribution in [-0.2, 0) is 11.2 Å². The number of aryl methyl sites for hydroxylation is 1. The van der Waals surface area contributed by atoms with E-state index in [1.54, 1.807) is 0 Å². The van der Waals surface area contributed by atoms with Crippen molar-refractivity contribution in [3.8, 4) is 0 Å². The predicted octanol–water partition coefficient (Wildman–Crippen LogP) is 3.32. The van der Waals surface area contributed by atoms with Gasteiger partial charge in [-0.1, -0.05) is 51.1 Å². The highest BCUT2D eigenvalue weighted by atomic mass is 16.2. The van der Waals surface area contributed by atoms with Gasteiger partial charge in [-0.3, -0.25) is 4.79 Å². The van der Waals surface area contributed by atoms with Crippen LogP contribution in [-0.4, -0.2) is 26.0 Å². The topological polar surface area (TPSA) is 41.1 Å². The predicted molar refractivity (Wildman–Crippen MR) is 94.9 cm³/mol. The van der Waals surface area contributed by atoms with Crippen LogP contribution in [0.5, 0.6) is 0 Å². The Balaban J connectivity index is 2.92. The van der Waals surface area contributed by atoms with Gasteiger partial charge in [0.1, 0.15) is 0 Å². The summed E-state index contributed by atoms with van der Waals surface area (Å²) in [6.07, 6.45) is 1.64. The molecule has 0 fully saturated rings. The van der Waals surface area contributed by atoms with Gasteiger partial charge in [0, 0.05) is 18.5 Å². The minimum atomic E-state index is -0.439. The van der Waals surface area contributed by atoms with Gasteiger partial charge in [0.05, 0.1) is 0 Å². The molecule has 22 heavy (non-hydrogen) atoms. The van der Waals surface area contributed by atoms with Gasteiger partial charge in [0.2, 0.25) is 5.91 Å². The van der Waals surface area contributed by atoms with Crippen molar-refractivity contribution in [3.05, 3.63) is 41.5 Å². The summed E-state index contributed by atoms with van der Waals surface area (Å²) in [7, 11) is 1.88. The SMILES string of the molecule is C=C(CC)c1cc(C)ccc1CC(C)(C)C(=O)NCCNC. The van der Waals surface area contributed by atoms with Crippen LogP contribution in [0.15, 0.2) is 24.8 Å². The standard InChI is InChI=1S/C19H30N2O/c1-7-15(3)17-12-14(2)8-9-16(17)13-19(4,5)18(22)21-11-10-20-6/h8-9,12,20H,3,7,10-11,13H2,1-2,4-6H3,(H,21,22). The van der Waals surface area contributed by atoms with Crippen molar-refractivity contribution < 1.29 is 4.79 Å². The maximum atomic E-state index is 12.4. The van der Waals surface area contributed by atoms with Crippen LogP contribution in [0.1, 0.15) is 43.9 Å². The van der Waals surface area contributed by atoms with E-state index in [1.807, 2.05) is 20.9 Å². The molecular weight excluding hydrogens is 272 g/mol. The molecule has 0 aliphatic rings. The second kappa shape index (κ2) is 8.14. The normalized spacial score (nSPS) is 11.3. The Labute approximate surface area is 135 Å². The van der Waals surface area contributed by atoms with Crippen LogP contribution < -0.4 is 10.6 Å². The van der Waals surface area contributed by atoms with E-state index < -0.39 is 5.41 Å². The first-order valence-electron chi connectivity index (χ1n) is 8.02. The number of hydrogen-bond donors (Lipinski definition) is 2. The minimum Gasteiger partial charge on any atom is -0.354 e. The molecule has 3 heteroatoms. The van der Waals surface area contributed by atoms with Crippen molar-refractivity contribution in [2.45, 2.75) is 40.5 Å². The third-order valence-electron chi connectivity index (χ3n) is 3.98. The maximum absolute atomic E-state index is 12.4. The van der Waals surface area contributed by atoms with Crippen LogP contribution in [0.3, 0.4) is 0 Å². The molecule has 1 amide bonds. The van der Waals surface area contributed by atoms with Gasteiger partial charge in [-0.2, -0.15) is 0 Å². The van der Waals surface area contributed by atoms with E-state index >= 15 is 0 Å². The average molecular weight is 302 g/mol. The van der Waals surface area contributed by atoms with Crippen molar-refractivity contribution in [2.75, 3.05) is 20.1 Å². The number of likely N-dealkylation sites (N-methyl/N-ethyl adjacent to an activating group) is 1. The number of hydrogen-bond acceptors (Lipinski definition) is 2. The Hall–Kier alpha value is -1.61. The molecule has 1 aromatic rings. The lowest BCUT2D eigenvalue weighted by atomic mass is 9.81. The molecule has 0 saturated carbocycles. The largest absolute Gasteiger partial charge is 0.354 e. The highest BCUT2D eigenvalue weighted by Gasteiger charge is 2.28. The van der Waals surface area contributed by atoms with E-state index in [2.05, 4.69) is 49.3 Å². The van der Waals surface area contributed by atoms with Crippen LogP contribution in [0.2, 0.25) is 0 Å². The average Bonchev–Trinajstić information content (AvgIpc) is 2.48. The summed E-state index contributed by atoms with van der Waals surface area (Å²) in [6, 6.07) is 6.42. The van der Waals surface area contributed by atoms with Gasteiger partial charge in [-0.05, 0) is 43.5 Å². The molecule has 3 nitrogen and oxygen atoms in total. The monoisotopic (exact) mass is 302 g/mol. The fourth-order valence-electron chi connectivity index (χ4n) is 2.46. The molecule has 1 aromatic carbocycles. The Kier molecular flexibility index (Phi) is 6.82. The second-order valence-corrected chi connectivity index (χ2v) is 6.54. The number of carbonyl (C=O) groups is 1. The molecule has 0 aromatic heterocycles. The summed E-state index contributed by atoms with van der Waals surface area (Å²) in [5, 5.41) is 6.03. The van der Waals surface area contributed by atoms with Crippen LogP contribution >= 0.6 is 0 Å². The quantitative estimate of drug-likeness (QED) is 0.723. The van der Waals surface area contributed by atoms with Crippen molar-refractivity contribution in [2.24, 2.45) is 5.41 Å². The van der Waals surface area contributed by atoms with Gasteiger partial charge in [0.15, 0.2) is 0 Å². The lowest BCUT2D eigenvalue weighted by molar-refractivity contribution is -0.129. The second-order valence-electron chi connectivity index (χ2n) is 6.54. The Morgan fingerprint density at radius 3 is 2.55 bits per heavy atom. The van der Waals surface area contributed by atoms with Gasteiger partial charge in [-0.15, -0.1) is 0 Å². The molecule has 0 unspecified atom stereocenters. The Morgan fingerprint density at radius 2 is 1.95 bits per heavy atom. The molecule has 2 N–H and O–H groups in total. The van der Waals surface area contributed by atoms with Crippen LogP contribution in [0.4, 0.5) is 0 Å². The molecule has 0 bridgehead atoms. The number of nitrogens with one attached hydrogen (secondary N) is 2. The number of carbonyl (C=O) groups excluding carboxylic acids is 1. The van der Waals surface area contributed by atoms with Gasteiger partial charge in [0.25, 0.3) is 0 Å². The molecule has 0 spiro atoms. The third-order valence-corrected chi connectivity index (χ3v) is 3.98. The van der Waals surface area contributed by atoms with E-state index in [0.717, 1.165) is 18.5 Å². The fourth-order valence-corrected chi connectivity index (χ4v) is 2.46. The Bertz CT molecular complexity index is 532. The molecule has 0 aliphatic heterocycles. The van der Waals surface area contributed by atoms with Crippen molar-refractivity contribution in [1.29, 1.82) is 0 Å². The fraction of sp³-hybridized carbons (Fsp3) is 0.526. The van der Waals surface area contributed by atoms with E-state index in [9.17, 15) is 4.79 Å². The molecule has 0 radical (unpaired) electrons. The molecular formula is C19H30N2O. The highest BCUT2D eigenvalue weighted by Crippen LogP contribution is 2.29. The Morgan fingerprint density at radius 1 is 1.27 bits per heavy atom. The zero-order chi connectivity index (χ0) is 16.8. The highest BCUT2D eigenvalue weighted by molar-refractivity contribution is 5.82. The van der Waals surface area contributed by atoms with Crippen molar-refractivity contribution >= 4 is 11.5 Å². The lowest BCUT2D eigenvalue weighted by Gasteiger charge is -2.25. The number of allylic oxidation sites excluding steroid dienone is 1. The molecule has 122 valence electrons. The summed E-state index contributed by atoms with van der Waals surface area (Å²) in [5.74, 6) is 0.0939. The van der Waals surface area contributed by atoms with Crippen LogP contribution in [0.25, 0.3) is 5.57 Å². The smallest absolute Gasteiger partial charge is 0.226 e. The third kappa shape index (κ3) is 4.99. The molecule has 0 saturated heterocycles. The van der Waals surface area contributed by atoms with Crippen molar-refractivity contribution in [3.63, 3.8) is 0 Å². The minimum absolute atomic E-state index is 0.0939. The first-order chi connectivity index (χ1) is 10.3. The molecule has 0 aliphatic carbocycles. The summed E-state index contributed by atoms with van der Waals surface area (Å²) in [4.78, 5) is 12.4. The zero-order valence-electron chi connectivity index (χ0n) is 14.7. The first kappa shape index (κ1) is 18.4. The van der Waals surface area contributed by atoms with E-state index in [0.29, 0.717) is 13.0 Å². The van der Waals surface area contributed by atoms with Gasteiger partial charge >= 0.3 is 0 Å². The van der Waals surface area contributed by atoms with Gasteiger partial charge in [-0.25, -0.2) is 0 Å². The molecule has 1 rings (SSSR count). The summed E-state index contributed by atoms with van der Waals surface area (Å²) >= 11 is 0. The van der Waals surface area contributed by atoms with Gasteiger partial charge < -0.3 is 10.6 Å². The molecule has 0 atom stereocenters. The van der Waals surface area contributed by atoms with Crippen molar-refractivity contribution in [1.82, 2.24) is 10.6 Å². The number of rotatable bonds is 8. The first-order valence-corrected chi connectivity index (χ1v) is 8.02. The zero-order valence-corrected chi connectivity index (χ0v) is 14.7. The van der Waals surface area contributed by atoms with E-state index in [1.165, 1.54) is 16.7 Å². The lowest BCUT2D eigenvalue weighted by Crippen LogP contribution is -2.41. The molecule has 0 heterocycles. The number of benzene rings is 1. The van der Waals surface area contributed by atoms with E-state index in [4.69, 9.17) is 0 Å². The van der Waals surface area contributed by atoms with E-state index in [-0.39, 0.29) is 5.91 Å². The van der Waals surface area contributed by atoms with Crippen LogP contribution in [0, 0.1) is 12.3 Å². The summed E-state index contributed by atoms with van der Waals surface area (Å²) < 4.78 is 0. The summed E-state index contributed by atoms with van der Waals surface area (Å²) in [6.45, 7) is 13.8. The summed E-state index contributed by atoms with van der Waals surface area (Å²) in [5.41, 5.74) is 4.31.